The van der Waals surface area contributed by atoms with Gasteiger partial charge in [-0.25, -0.2) is 0 Å². The van der Waals surface area contributed by atoms with Crippen LogP contribution in [0.5, 0.6) is 11.5 Å². The van der Waals surface area contributed by atoms with Gasteiger partial charge in [-0.1, -0.05) is 23.9 Å². The van der Waals surface area contributed by atoms with Gasteiger partial charge in [0, 0.05) is 12.6 Å². The molecule has 0 bridgehead atoms. The van der Waals surface area contributed by atoms with Crippen molar-refractivity contribution < 1.29 is 14.6 Å². The number of ether oxygens (including phenoxy) is 1. The summed E-state index contributed by atoms with van der Waals surface area (Å²) in [6.45, 7) is 0. The molecular formula is C18H17N3O3S. The van der Waals surface area contributed by atoms with Crippen LogP contribution in [0.25, 0.3) is 11.4 Å². The highest BCUT2D eigenvalue weighted by atomic mass is 32.2. The Morgan fingerprint density at radius 2 is 1.88 bits per heavy atom. The van der Waals surface area contributed by atoms with Crippen molar-refractivity contribution in [2.45, 2.75) is 5.16 Å². The molecule has 0 aliphatic carbocycles. The predicted octanol–water partition coefficient (Wildman–Crippen LogP) is 3.17. The summed E-state index contributed by atoms with van der Waals surface area (Å²) >= 11 is 1.31. The van der Waals surface area contributed by atoms with E-state index in [1.54, 1.807) is 54.1 Å². The molecule has 0 aliphatic heterocycles. The fourth-order valence-corrected chi connectivity index (χ4v) is 3.13. The van der Waals surface area contributed by atoms with Crippen molar-refractivity contribution in [2.24, 2.45) is 7.05 Å². The van der Waals surface area contributed by atoms with Crippen molar-refractivity contribution in [3.8, 4) is 22.9 Å². The fourth-order valence-electron chi connectivity index (χ4n) is 2.33. The van der Waals surface area contributed by atoms with Crippen LogP contribution in [0.3, 0.4) is 0 Å². The van der Waals surface area contributed by atoms with Crippen molar-refractivity contribution in [1.82, 2.24) is 14.8 Å². The number of aromatic nitrogens is 3. The number of para-hydroxylation sites is 1. The lowest BCUT2D eigenvalue weighted by Crippen LogP contribution is -2.04. The summed E-state index contributed by atoms with van der Waals surface area (Å²) in [5.74, 6) is 1.66. The van der Waals surface area contributed by atoms with Crippen LogP contribution in [0.1, 0.15) is 10.4 Å². The predicted molar refractivity (Wildman–Crippen MR) is 96.2 cm³/mol. The van der Waals surface area contributed by atoms with Crippen LogP contribution in [0.4, 0.5) is 0 Å². The first-order valence-corrected chi connectivity index (χ1v) is 8.56. The number of benzene rings is 2. The molecule has 7 heteroatoms. The average Bonchev–Trinajstić information content (AvgIpc) is 3.00. The number of phenolic OH excluding ortho intramolecular Hbond substituents is 1. The molecule has 1 N–H and O–H groups in total. The van der Waals surface area contributed by atoms with Gasteiger partial charge in [0.15, 0.2) is 16.8 Å². The summed E-state index contributed by atoms with van der Waals surface area (Å²) in [5, 5.41) is 18.8. The molecule has 0 radical (unpaired) electrons. The van der Waals surface area contributed by atoms with Crippen molar-refractivity contribution in [3.05, 3.63) is 54.1 Å². The number of hydrogen-bond donors (Lipinski definition) is 1. The average molecular weight is 355 g/mol. The summed E-state index contributed by atoms with van der Waals surface area (Å²) < 4.78 is 6.85. The molecule has 1 heterocycles. The quantitative estimate of drug-likeness (QED) is 0.541. The zero-order chi connectivity index (χ0) is 17.8. The van der Waals surface area contributed by atoms with E-state index < -0.39 is 0 Å². The Morgan fingerprint density at radius 3 is 2.56 bits per heavy atom. The van der Waals surface area contributed by atoms with E-state index in [-0.39, 0.29) is 17.3 Å². The lowest BCUT2D eigenvalue weighted by atomic mass is 10.1. The first kappa shape index (κ1) is 17.0. The summed E-state index contributed by atoms with van der Waals surface area (Å²) in [6, 6.07) is 14.0. The fraction of sp³-hybridized carbons (Fsp3) is 0.167. The summed E-state index contributed by atoms with van der Waals surface area (Å²) in [4.78, 5) is 12.3. The van der Waals surface area contributed by atoms with Crippen LogP contribution in [0.2, 0.25) is 0 Å². The smallest absolute Gasteiger partial charge is 0.191 e. The first-order valence-electron chi connectivity index (χ1n) is 7.58. The van der Waals surface area contributed by atoms with E-state index in [9.17, 15) is 9.90 Å². The molecule has 0 spiro atoms. The Labute approximate surface area is 149 Å². The lowest BCUT2D eigenvalue weighted by Gasteiger charge is -2.05. The first-order chi connectivity index (χ1) is 12.1. The van der Waals surface area contributed by atoms with E-state index in [0.29, 0.717) is 27.9 Å². The molecule has 0 unspecified atom stereocenters. The second-order valence-electron chi connectivity index (χ2n) is 5.32. The Balaban J connectivity index is 1.71. The minimum absolute atomic E-state index is 0.000221. The second kappa shape index (κ2) is 7.40. The number of phenols is 1. The molecule has 6 nitrogen and oxygen atoms in total. The molecule has 0 aliphatic rings. The van der Waals surface area contributed by atoms with E-state index in [4.69, 9.17) is 4.74 Å². The number of hydrogen-bond acceptors (Lipinski definition) is 6. The minimum Gasteiger partial charge on any atom is -0.507 e. The molecule has 2 aromatic carbocycles. The SMILES string of the molecule is COc1ccc(C(=O)CSc2nnc(-c3ccccc3O)n2C)cc1. The van der Waals surface area contributed by atoms with Crippen molar-refractivity contribution in [2.75, 3.05) is 12.9 Å². The highest BCUT2D eigenvalue weighted by Crippen LogP contribution is 2.29. The minimum atomic E-state index is -0.000221. The molecule has 0 fully saturated rings. The van der Waals surface area contributed by atoms with Crippen LogP contribution < -0.4 is 4.74 Å². The molecule has 3 aromatic rings. The van der Waals surface area contributed by atoms with Crippen molar-refractivity contribution >= 4 is 17.5 Å². The monoisotopic (exact) mass is 355 g/mol. The van der Waals surface area contributed by atoms with Gasteiger partial charge in [-0.05, 0) is 36.4 Å². The number of methoxy groups -OCH3 is 1. The number of thioether (sulfide) groups is 1. The van der Waals surface area contributed by atoms with Crippen LogP contribution >= 0.6 is 11.8 Å². The Kier molecular flexibility index (Phi) is 5.04. The Morgan fingerprint density at radius 1 is 1.16 bits per heavy atom. The van der Waals surface area contributed by atoms with Crippen LogP contribution in [0, 0.1) is 0 Å². The van der Waals surface area contributed by atoms with E-state index in [0.717, 1.165) is 0 Å². The van der Waals surface area contributed by atoms with Crippen molar-refractivity contribution in [1.29, 1.82) is 0 Å². The van der Waals surface area contributed by atoms with E-state index in [1.165, 1.54) is 11.8 Å². The molecule has 0 saturated carbocycles. The van der Waals surface area contributed by atoms with Gasteiger partial charge in [-0.3, -0.25) is 4.79 Å². The lowest BCUT2D eigenvalue weighted by molar-refractivity contribution is 0.102. The largest absolute Gasteiger partial charge is 0.507 e. The zero-order valence-electron chi connectivity index (χ0n) is 13.8. The third-order valence-corrected chi connectivity index (χ3v) is 4.74. The van der Waals surface area contributed by atoms with Gasteiger partial charge in [0.2, 0.25) is 0 Å². The second-order valence-corrected chi connectivity index (χ2v) is 6.27. The van der Waals surface area contributed by atoms with Crippen LogP contribution in [-0.2, 0) is 7.05 Å². The highest BCUT2D eigenvalue weighted by Gasteiger charge is 2.15. The van der Waals surface area contributed by atoms with Gasteiger partial charge in [0.1, 0.15) is 11.5 Å². The number of rotatable bonds is 6. The van der Waals surface area contributed by atoms with Gasteiger partial charge in [0.05, 0.1) is 18.4 Å². The highest BCUT2D eigenvalue weighted by molar-refractivity contribution is 7.99. The van der Waals surface area contributed by atoms with Gasteiger partial charge >= 0.3 is 0 Å². The third-order valence-electron chi connectivity index (χ3n) is 3.72. The number of carbonyl (C=O) groups is 1. The molecule has 0 saturated heterocycles. The number of Topliss-reactive ketones (excluding diaryl/α,β-unsaturated/α-hetero) is 1. The molecule has 128 valence electrons. The standard InChI is InChI=1S/C18H17N3O3S/c1-21-17(14-5-3-4-6-15(14)22)19-20-18(21)25-11-16(23)12-7-9-13(24-2)10-8-12/h3-10,22H,11H2,1-2H3. The number of carbonyl (C=O) groups excluding carboxylic acids is 1. The van der Waals surface area contributed by atoms with Gasteiger partial charge in [0.25, 0.3) is 0 Å². The molecule has 0 atom stereocenters. The normalized spacial score (nSPS) is 10.6. The van der Waals surface area contributed by atoms with E-state index >= 15 is 0 Å². The van der Waals surface area contributed by atoms with E-state index in [2.05, 4.69) is 10.2 Å². The molecule has 0 amide bonds. The maximum atomic E-state index is 12.3. The van der Waals surface area contributed by atoms with Crippen molar-refractivity contribution in [3.63, 3.8) is 0 Å². The Hall–Kier alpha value is -2.80. The molecule has 3 rings (SSSR count). The molecular weight excluding hydrogens is 338 g/mol. The molecule has 25 heavy (non-hydrogen) atoms. The number of aromatic hydroxyl groups is 1. The maximum Gasteiger partial charge on any atom is 0.191 e. The summed E-state index contributed by atoms with van der Waals surface area (Å²) in [6.07, 6.45) is 0. The van der Waals surface area contributed by atoms with E-state index in [1.807, 2.05) is 13.1 Å². The van der Waals surface area contributed by atoms with Gasteiger partial charge in [-0.15, -0.1) is 10.2 Å². The summed E-state index contributed by atoms with van der Waals surface area (Å²) in [7, 11) is 3.39. The zero-order valence-corrected chi connectivity index (χ0v) is 14.7. The number of nitrogens with zero attached hydrogens (tertiary/aromatic N) is 3. The number of ketones is 1. The van der Waals surface area contributed by atoms with Crippen LogP contribution in [0.15, 0.2) is 53.7 Å². The Bertz CT molecular complexity index is 891. The van der Waals surface area contributed by atoms with Gasteiger partial charge < -0.3 is 14.4 Å². The topological polar surface area (TPSA) is 77.2 Å². The summed E-state index contributed by atoms with van der Waals surface area (Å²) in [5.41, 5.74) is 1.22. The van der Waals surface area contributed by atoms with Crippen LogP contribution in [-0.4, -0.2) is 38.5 Å². The maximum absolute atomic E-state index is 12.3. The third kappa shape index (κ3) is 3.66. The van der Waals surface area contributed by atoms with Gasteiger partial charge in [-0.2, -0.15) is 0 Å². The molecule has 1 aromatic heterocycles.